The molecule has 0 saturated carbocycles. The molecule has 0 radical (unpaired) electrons. The number of nitrogens with zero attached hydrogens (tertiary/aromatic N) is 6. The Morgan fingerprint density at radius 2 is 1.71 bits per heavy atom. The topological polar surface area (TPSA) is 93.3 Å². The number of hydrogen-bond donors (Lipinski definition) is 0. The zero-order valence-electron chi connectivity index (χ0n) is 15.7. The van der Waals surface area contributed by atoms with E-state index < -0.39 is 11.2 Å². The van der Waals surface area contributed by atoms with Crippen molar-refractivity contribution in [1.29, 1.82) is 0 Å². The Labute approximate surface area is 160 Å². The maximum Gasteiger partial charge on any atom is 0.332 e. The predicted molar refractivity (Wildman–Crippen MR) is 105 cm³/mol. The summed E-state index contributed by atoms with van der Waals surface area (Å²) in [5.74, 6) is 0.681. The number of fused-ring (bicyclic) bond motifs is 1. The van der Waals surface area contributed by atoms with Gasteiger partial charge in [0.25, 0.3) is 11.5 Å². The SMILES string of the molecule is Cn1c(=O)c2ccc(C(=O)N3CCN(c4ccccn4)CC3)nc2n(C)c1=O. The first-order valence-electron chi connectivity index (χ1n) is 8.99. The van der Waals surface area contributed by atoms with E-state index in [2.05, 4.69) is 14.9 Å². The summed E-state index contributed by atoms with van der Waals surface area (Å²) in [6.45, 7) is 2.44. The van der Waals surface area contributed by atoms with Crippen LogP contribution in [0.5, 0.6) is 0 Å². The van der Waals surface area contributed by atoms with Crippen LogP contribution in [-0.4, -0.2) is 56.1 Å². The molecule has 0 N–H and O–H groups in total. The Morgan fingerprint density at radius 1 is 0.964 bits per heavy atom. The first-order chi connectivity index (χ1) is 13.5. The van der Waals surface area contributed by atoms with E-state index in [1.165, 1.54) is 18.7 Å². The minimum absolute atomic E-state index is 0.212. The van der Waals surface area contributed by atoms with Crippen molar-refractivity contribution in [3.63, 3.8) is 0 Å². The number of rotatable bonds is 2. The molecule has 1 aliphatic rings. The highest BCUT2D eigenvalue weighted by atomic mass is 16.2. The molecule has 0 aromatic carbocycles. The van der Waals surface area contributed by atoms with E-state index in [1.807, 2.05) is 18.2 Å². The second kappa shape index (κ2) is 6.91. The molecule has 4 rings (SSSR count). The van der Waals surface area contributed by atoms with Gasteiger partial charge in [-0.3, -0.25) is 18.7 Å². The second-order valence-electron chi connectivity index (χ2n) is 6.74. The van der Waals surface area contributed by atoms with E-state index in [1.54, 1.807) is 23.2 Å². The lowest BCUT2D eigenvalue weighted by Gasteiger charge is -2.35. The summed E-state index contributed by atoms with van der Waals surface area (Å²) in [4.78, 5) is 49.8. The van der Waals surface area contributed by atoms with Crippen LogP contribution in [0.4, 0.5) is 5.82 Å². The van der Waals surface area contributed by atoms with Crippen molar-refractivity contribution in [2.45, 2.75) is 0 Å². The van der Waals surface area contributed by atoms with Gasteiger partial charge in [-0.15, -0.1) is 0 Å². The minimum atomic E-state index is -0.474. The third-order valence-corrected chi connectivity index (χ3v) is 5.06. The van der Waals surface area contributed by atoms with Crippen LogP contribution in [0.3, 0.4) is 0 Å². The number of carbonyl (C=O) groups excluding carboxylic acids is 1. The van der Waals surface area contributed by atoms with Gasteiger partial charge in [0.05, 0.1) is 5.39 Å². The first kappa shape index (κ1) is 17.9. The molecule has 144 valence electrons. The lowest BCUT2D eigenvalue weighted by molar-refractivity contribution is 0.0741. The van der Waals surface area contributed by atoms with Crippen molar-refractivity contribution in [3.05, 3.63) is 63.1 Å². The third-order valence-electron chi connectivity index (χ3n) is 5.06. The average molecular weight is 380 g/mol. The Morgan fingerprint density at radius 3 is 2.39 bits per heavy atom. The van der Waals surface area contributed by atoms with Crippen molar-refractivity contribution in [2.24, 2.45) is 14.1 Å². The zero-order chi connectivity index (χ0) is 19.8. The van der Waals surface area contributed by atoms with Crippen molar-refractivity contribution < 1.29 is 4.79 Å². The fourth-order valence-corrected chi connectivity index (χ4v) is 3.41. The summed E-state index contributed by atoms with van der Waals surface area (Å²) in [6, 6.07) is 8.86. The van der Waals surface area contributed by atoms with Crippen molar-refractivity contribution in [2.75, 3.05) is 31.1 Å². The molecule has 0 aliphatic carbocycles. The molecule has 1 aliphatic heterocycles. The van der Waals surface area contributed by atoms with Crippen molar-refractivity contribution >= 4 is 22.8 Å². The van der Waals surface area contributed by atoms with Crippen LogP contribution in [0.25, 0.3) is 11.0 Å². The molecular weight excluding hydrogens is 360 g/mol. The number of pyridine rings is 2. The molecule has 0 bridgehead atoms. The van der Waals surface area contributed by atoms with Gasteiger partial charge in [-0.25, -0.2) is 14.8 Å². The summed E-state index contributed by atoms with van der Waals surface area (Å²) in [6.07, 6.45) is 1.75. The minimum Gasteiger partial charge on any atom is -0.353 e. The lowest BCUT2D eigenvalue weighted by atomic mass is 10.2. The fourth-order valence-electron chi connectivity index (χ4n) is 3.41. The highest BCUT2D eigenvalue weighted by Gasteiger charge is 2.24. The van der Waals surface area contributed by atoms with Gasteiger partial charge >= 0.3 is 5.69 Å². The van der Waals surface area contributed by atoms with E-state index >= 15 is 0 Å². The average Bonchev–Trinajstić information content (AvgIpc) is 2.76. The van der Waals surface area contributed by atoms with Crippen LogP contribution in [0.15, 0.2) is 46.1 Å². The van der Waals surface area contributed by atoms with Crippen LogP contribution in [-0.2, 0) is 14.1 Å². The predicted octanol–water partition coefficient (Wildman–Crippen LogP) is -0.0104. The number of aromatic nitrogens is 4. The van der Waals surface area contributed by atoms with Gasteiger partial charge in [0.2, 0.25) is 0 Å². The summed E-state index contributed by atoms with van der Waals surface area (Å²) < 4.78 is 2.31. The molecule has 1 fully saturated rings. The summed E-state index contributed by atoms with van der Waals surface area (Å²) in [5, 5.41) is 0.307. The molecule has 4 heterocycles. The van der Waals surface area contributed by atoms with E-state index in [0.29, 0.717) is 31.6 Å². The van der Waals surface area contributed by atoms with Crippen LogP contribution < -0.4 is 16.1 Å². The highest BCUT2D eigenvalue weighted by molar-refractivity contribution is 5.94. The van der Waals surface area contributed by atoms with E-state index in [-0.39, 0.29) is 17.2 Å². The molecule has 9 nitrogen and oxygen atoms in total. The van der Waals surface area contributed by atoms with E-state index in [0.717, 1.165) is 10.4 Å². The smallest absolute Gasteiger partial charge is 0.332 e. The molecule has 28 heavy (non-hydrogen) atoms. The largest absolute Gasteiger partial charge is 0.353 e. The quantitative estimate of drug-likeness (QED) is 0.621. The van der Waals surface area contributed by atoms with Gasteiger partial charge < -0.3 is 9.80 Å². The Balaban J connectivity index is 1.58. The van der Waals surface area contributed by atoms with Gasteiger partial charge in [0, 0.05) is 46.5 Å². The number of carbonyl (C=O) groups is 1. The van der Waals surface area contributed by atoms with Gasteiger partial charge in [0.15, 0.2) is 0 Å². The van der Waals surface area contributed by atoms with Crippen molar-refractivity contribution in [1.82, 2.24) is 24.0 Å². The molecule has 9 heteroatoms. The molecule has 0 atom stereocenters. The van der Waals surface area contributed by atoms with Crippen LogP contribution in [0, 0.1) is 0 Å². The van der Waals surface area contributed by atoms with Gasteiger partial charge in [-0.2, -0.15) is 0 Å². The van der Waals surface area contributed by atoms with Gasteiger partial charge in [-0.05, 0) is 24.3 Å². The van der Waals surface area contributed by atoms with E-state index in [9.17, 15) is 14.4 Å². The van der Waals surface area contributed by atoms with Crippen LogP contribution in [0.1, 0.15) is 10.5 Å². The van der Waals surface area contributed by atoms with Crippen LogP contribution in [0.2, 0.25) is 0 Å². The summed E-state index contributed by atoms with van der Waals surface area (Å²) >= 11 is 0. The molecule has 0 unspecified atom stereocenters. The number of aryl methyl sites for hydroxylation is 1. The maximum absolute atomic E-state index is 12.9. The molecule has 1 amide bonds. The number of hydrogen-bond acceptors (Lipinski definition) is 6. The monoisotopic (exact) mass is 380 g/mol. The van der Waals surface area contributed by atoms with Gasteiger partial charge in [-0.1, -0.05) is 6.07 Å². The molecule has 3 aromatic rings. The summed E-state index contributed by atoms with van der Waals surface area (Å²) in [7, 11) is 2.96. The number of anilines is 1. The van der Waals surface area contributed by atoms with Crippen molar-refractivity contribution in [3.8, 4) is 0 Å². The Kier molecular flexibility index (Phi) is 4.42. The zero-order valence-corrected chi connectivity index (χ0v) is 15.7. The molecular formula is C19H20N6O3. The third kappa shape index (κ3) is 2.94. The van der Waals surface area contributed by atoms with Crippen LogP contribution >= 0.6 is 0 Å². The number of amides is 1. The fraction of sp³-hybridized carbons (Fsp3) is 0.316. The Hall–Kier alpha value is -3.49. The second-order valence-corrected chi connectivity index (χ2v) is 6.74. The first-order valence-corrected chi connectivity index (χ1v) is 8.99. The normalized spacial score (nSPS) is 14.5. The van der Waals surface area contributed by atoms with Gasteiger partial charge in [0.1, 0.15) is 17.2 Å². The molecule has 0 spiro atoms. The highest BCUT2D eigenvalue weighted by Crippen LogP contribution is 2.15. The summed E-state index contributed by atoms with van der Waals surface area (Å²) in [5.41, 5.74) is -0.458. The molecule has 3 aromatic heterocycles. The standard InChI is InChI=1S/C19H20N6O3/c1-22-16-13(17(26)23(2)19(22)28)6-7-14(21-16)18(27)25-11-9-24(10-12-25)15-5-3-4-8-20-15/h3-8H,9-12H2,1-2H3. The Bertz CT molecular complexity index is 1160. The number of piperazine rings is 1. The molecule has 1 saturated heterocycles. The van der Waals surface area contributed by atoms with E-state index in [4.69, 9.17) is 0 Å². The lowest BCUT2D eigenvalue weighted by Crippen LogP contribution is -2.49. The maximum atomic E-state index is 12.9.